The first-order valence-electron chi connectivity index (χ1n) is 10.6. The van der Waals surface area contributed by atoms with Gasteiger partial charge in [0.05, 0.1) is 11.7 Å². The molecule has 0 spiro atoms. The van der Waals surface area contributed by atoms with Crippen molar-refractivity contribution in [3.05, 3.63) is 59.5 Å². The Balaban J connectivity index is 0.000000429. The molecule has 1 aliphatic rings. The third-order valence-corrected chi connectivity index (χ3v) is 5.61. The Morgan fingerprint density at radius 1 is 1.14 bits per heavy atom. The van der Waals surface area contributed by atoms with Crippen LogP contribution in [0.1, 0.15) is 30.0 Å². The number of amides is 1. The van der Waals surface area contributed by atoms with E-state index in [9.17, 15) is 27.5 Å². The maximum Gasteiger partial charge on any atom is 0.490 e. The number of rotatable bonds is 4. The topological polar surface area (TPSA) is 130 Å². The third kappa shape index (κ3) is 6.69. The number of carbonyl (C=O) groups excluding carboxylic acids is 1. The summed E-state index contributed by atoms with van der Waals surface area (Å²) in [7, 11) is 0. The lowest BCUT2D eigenvalue weighted by molar-refractivity contribution is -0.192. The summed E-state index contributed by atoms with van der Waals surface area (Å²) in [6.45, 7) is 1.20. The van der Waals surface area contributed by atoms with Gasteiger partial charge in [0.15, 0.2) is 5.58 Å². The van der Waals surface area contributed by atoms with E-state index in [1.54, 1.807) is 35.2 Å². The molecular weight excluding hydrogens is 474 g/mol. The normalized spacial score (nSPS) is 15.4. The van der Waals surface area contributed by atoms with Crippen LogP contribution in [0.15, 0.2) is 47.0 Å². The van der Waals surface area contributed by atoms with E-state index in [0.29, 0.717) is 25.1 Å². The number of aromatic nitrogens is 1. The minimum absolute atomic E-state index is 0.0707. The average Bonchev–Trinajstić information content (AvgIpc) is 3.23. The number of carboxylic acids is 1. The van der Waals surface area contributed by atoms with Crippen molar-refractivity contribution in [3.63, 3.8) is 0 Å². The predicted molar refractivity (Wildman–Crippen MR) is 116 cm³/mol. The van der Waals surface area contributed by atoms with Crippen LogP contribution in [0.2, 0.25) is 0 Å². The smallest absolute Gasteiger partial charge is 0.490 e. The highest BCUT2D eigenvalue weighted by Gasteiger charge is 2.38. The second-order valence-electron chi connectivity index (χ2n) is 8.09. The number of benzene rings is 2. The fourth-order valence-electron chi connectivity index (χ4n) is 3.81. The molecule has 8 nitrogen and oxygen atoms in total. The number of nitrogens with two attached hydrogens (primary N) is 1. The Morgan fingerprint density at radius 2 is 1.74 bits per heavy atom. The number of fused-ring (bicyclic) bond motifs is 1. The first kappa shape index (κ1) is 25.9. The van der Waals surface area contributed by atoms with E-state index in [0.717, 1.165) is 29.5 Å². The molecule has 1 fully saturated rings. The maximum absolute atomic E-state index is 13.3. The zero-order chi connectivity index (χ0) is 25.8. The highest BCUT2D eigenvalue weighted by molar-refractivity contribution is 5.82. The van der Waals surface area contributed by atoms with Gasteiger partial charge in [-0.25, -0.2) is 9.18 Å². The second kappa shape index (κ2) is 10.7. The van der Waals surface area contributed by atoms with E-state index in [-0.39, 0.29) is 23.4 Å². The minimum Gasteiger partial charge on any atom is -0.508 e. The summed E-state index contributed by atoms with van der Waals surface area (Å²) in [6, 6.07) is 10.5. The van der Waals surface area contributed by atoms with Gasteiger partial charge in [0.1, 0.15) is 11.6 Å². The number of hydrogen-bond acceptors (Lipinski definition) is 6. The number of aliphatic carboxylic acids is 1. The maximum atomic E-state index is 13.3. The van der Waals surface area contributed by atoms with Gasteiger partial charge in [0.2, 0.25) is 5.91 Å². The molecule has 3 aromatic rings. The van der Waals surface area contributed by atoms with Crippen molar-refractivity contribution in [3.8, 4) is 5.75 Å². The van der Waals surface area contributed by atoms with Crippen LogP contribution >= 0.6 is 0 Å². The number of aromatic hydroxyl groups is 1. The van der Waals surface area contributed by atoms with Crippen LogP contribution in [0, 0.1) is 5.82 Å². The molecule has 0 unspecified atom stereocenters. The number of piperidine rings is 1. The summed E-state index contributed by atoms with van der Waals surface area (Å²) >= 11 is 0. The SMILES string of the molecule is N[C@@H](Cc1ccc(O)cc1)C(=O)N1CCC(c2noc3cc(F)ccc23)CC1.O=C(O)C(F)(F)F. The number of phenolic OH excluding ortho intramolecular Hbond substituents is 1. The van der Waals surface area contributed by atoms with Crippen LogP contribution < -0.4 is 5.73 Å². The zero-order valence-electron chi connectivity index (χ0n) is 18.3. The first-order valence-corrected chi connectivity index (χ1v) is 10.6. The van der Waals surface area contributed by atoms with Crippen molar-refractivity contribution < 1.29 is 41.9 Å². The predicted octanol–water partition coefficient (Wildman–Crippen LogP) is 3.58. The Bertz CT molecular complexity index is 1170. The fourth-order valence-corrected chi connectivity index (χ4v) is 3.81. The molecule has 4 rings (SSSR count). The molecule has 0 saturated carbocycles. The van der Waals surface area contributed by atoms with Gasteiger partial charge in [-0.15, -0.1) is 0 Å². The van der Waals surface area contributed by atoms with Gasteiger partial charge in [-0.05, 0) is 49.1 Å². The Labute approximate surface area is 196 Å². The molecule has 2 aromatic carbocycles. The van der Waals surface area contributed by atoms with Gasteiger partial charge >= 0.3 is 12.1 Å². The van der Waals surface area contributed by atoms with E-state index in [4.69, 9.17) is 20.2 Å². The highest BCUT2D eigenvalue weighted by atomic mass is 19.4. The van der Waals surface area contributed by atoms with Crippen LogP contribution in [0.5, 0.6) is 5.75 Å². The molecular formula is C23H23F4N3O5. The summed E-state index contributed by atoms with van der Waals surface area (Å²) < 4.78 is 50.3. The molecule has 12 heteroatoms. The second-order valence-corrected chi connectivity index (χ2v) is 8.09. The van der Waals surface area contributed by atoms with E-state index in [2.05, 4.69) is 5.16 Å². The third-order valence-electron chi connectivity index (χ3n) is 5.61. The minimum atomic E-state index is -5.08. The van der Waals surface area contributed by atoms with Crippen molar-refractivity contribution in [2.75, 3.05) is 13.1 Å². The summed E-state index contributed by atoms with van der Waals surface area (Å²) in [5.74, 6) is -2.82. The summed E-state index contributed by atoms with van der Waals surface area (Å²) in [6.07, 6.45) is -3.13. The van der Waals surface area contributed by atoms with Gasteiger partial charge < -0.3 is 25.4 Å². The van der Waals surface area contributed by atoms with Gasteiger partial charge in [0.25, 0.3) is 0 Å². The van der Waals surface area contributed by atoms with E-state index in [1.807, 2.05) is 0 Å². The van der Waals surface area contributed by atoms with Crippen LogP contribution in [-0.2, 0) is 16.0 Å². The standard InChI is InChI=1S/C21H22FN3O3.C2HF3O2/c22-15-3-6-17-19(12-15)28-24-20(17)14-7-9-25(10-8-14)21(27)18(23)11-13-1-4-16(26)5-2-13;3-2(4,5)1(6)7/h1-6,12,14,18,26H,7-11,23H2;(H,6,7)/t18-;/m0./s1. The van der Waals surface area contributed by atoms with Crippen molar-refractivity contribution in [2.24, 2.45) is 5.73 Å². The number of likely N-dealkylation sites (tertiary alicyclic amines) is 1. The number of carbonyl (C=O) groups is 2. The summed E-state index contributed by atoms with van der Waals surface area (Å²) in [5, 5.41) is 21.4. The van der Waals surface area contributed by atoms with Crippen LogP contribution in [0.4, 0.5) is 17.6 Å². The molecule has 2 heterocycles. The largest absolute Gasteiger partial charge is 0.508 e. The fraction of sp³-hybridized carbons (Fsp3) is 0.348. The molecule has 0 aliphatic carbocycles. The average molecular weight is 497 g/mol. The Morgan fingerprint density at radius 3 is 2.31 bits per heavy atom. The van der Waals surface area contributed by atoms with E-state index in [1.165, 1.54) is 12.1 Å². The van der Waals surface area contributed by atoms with Crippen LogP contribution in [0.25, 0.3) is 11.0 Å². The number of phenols is 1. The van der Waals surface area contributed by atoms with Crippen molar-refractivity contribution in [2.45, 2.75) is 37.4 Å². The molecule has 1 saturated heterocycles. The lowest BCUT2D eigenvalue weighted by Crippen LogP contribution is -2.47. The van der Waals surface area contributed by atoms with Gasteiger partial charge in [0, 0.05) is 30.5 Å². The summed E-state index contributed by atoms with van der Waals surface area (Å²) in [5.41, 5.74) is 8.31. The number of alkyl halides is 3. The van der Waals surface area contributed by atoms with E-state index >= 15 is 0 Å². The quantitative estimate of drug-likeness (QED) is 0.470. The lowest BCUT2D eigenvalue weighted by atomic mass is 9.91. The van der Waals surface area contributed by atoms with Crippen molar-refractivity contribution >= 4 is 22.8 Å². The molecule has 1 amide bonds. The Kier molecular flexibility index (Phi) is 7.95. The molecule has 1 atom stereocenters. The number of hydrogen-bond donors (Lipinski definition) is 3. The van der Waals surface area contributed by atoms with Gasteiger partial charge in [-0.1, -0.05) is 17.3 Å². The molecule has 4 N–H and O–H groups in total. The molecule has 0 bridgehead atoms. The Hall–Kier alpha value is -3.67. The van der Waals surface area contributed by atoms with Gasteiger partial charge in [-0.3, -0.25) is 4.79 Å². The number of nitrogens with zero attached hydrogens (tertiary/aromatic N) is 2. The zero-order valence-corrected chi connectivity index (χ0v) is 18.3. The highest BCUT2D eigenvalue weighted by Crippen LogP contribution is 2.33. The number of carboxylic acid groups (broad SMARTS) is 1. The molecule has 1 aromatic heterocycles. The molecule has 0 radical (unpaired) electrons. The van der Waals surface area contributed by atoms with Crippen LogP contribution in [0.3, 0.4) is 0 Å². The number of halogens is 4. The van der Waals surface area contributed by atoms with Crippen molar-refractivity contribution in [1.82, 2.24) is 10.1 Å². The molecule has 188 valence electrons. The first-order chi connectivity index (χ1) is 16.5. The van der Waals surface area contributed by atoms with Crippen molar-refractivity contribution in [1.29, 1.82) is 0 Å². The summed E-state index contributed by atoms with van der Waals surface area (Å²) in [4.78, 5) is 23.4. The van der Waals surface area contributed by atoms with Crippen LogP contribution in [-0.4, -0.2) is 57.5 Å². The lowest BCUT2D eigenvalue weighted by Gasteiger charge is -2.33. The van der Waals surface area contributed by atoms with E-state index < -0.39 is 18.2 Å². The monoisotopic (exact) mass is 497 g/mol. The molecule has 1 aliphatic heterocycles. The molecule has 35 heavy (non-hydrogen) atoms. The van der Waals surface area contributed by atoms with Gasteiger partial charge in [-0.2, -0.15) is 13.2 Å².